The molecule has 0 aliphatic rings. The summed E-state index contributed by atoms with van der Waals surface area (Å²) in [4.78, 5) is 22.0. The molecule has 2 heterocycles. The normalized spacial score (nSPS) is 11.8. The molecule has 0 saturated carbocycles. The molecule has 2 aromatic heterocycles. The van der Waals surface area contributed by atoms with Crippen molar-refractivity contribution in [3.05, 3.63) is 90.3 Å². The molecule has 0 fully saturated rings. The van der Waals surface area contributed by atoms with Gasteiger partial charge in [0.05, 0.1) is 18.2 Å². The van der Waals surface area contributed by atoms with Gasteiger partial charge in [0.2, 0.25) is 0 Å². The van der Waals surface area contributed by atoms with Crippen LogP contribution in [0, 0.1) is 6.92 Å². The van der Waals surface area contributed by atoms with Crippen molar-refractivity contribution in [3.63, 3.8) is 0 Å². The molecule has 6 nitrogen and oxygen atoms in total. The number of amides is 1. The Hall–Kier alpha value is -3.77. The highest BCUT2D eigenvalue weighted by Gasteiger charge is 2.22. The van der Waals surface area contributed by atoms with Gasteiger partial charge in [0.1, 0.15) is 5.69 Å². The lowest BCUT2D eigenvalue weighted by Crippen LogP contribution is -2.23. The van der Waals surface area contributed by atoms with Gasteiger partial charge in [-0.25, -0.2) is 9.97 Å². The van der Waals surface area contributed by atoms with Crippen LogP contribution in [0.2, 0.25) is 0 Å². The minimum atomic E-state index is -0.753. The average Bonchev–Trinajstić information content (AvgIpc) is 3.30. The van der Waals surface area contributed by atoms with Gasteiger partial charge in [-0.15, -0.1) is 0 Å². The maximum atomic E-state index is 12.8. The van der Waals surface area contributed by atoms with Crippen molar-refractivity contribution in [3.8, 4) is 22.7 Å². The molecule has 6 heteroatoms. The molecule has 150 valence electrons. The SMILES string of the molecule is CO[C@@H](C(=O)Nc1cnc(-c2cccc(C)c2)c(-c2ccco2)n1)c1ccccc1. The topological polar surface area (TPSA) is 77.2 Å². The second kappa shape index (κ2) is 8.71. The molecule has 1 amide bonds. The number of carbonyl (C=O) groups excluding carboxylic acids is 1. The number of aryl methyl sites for hydroxylation is 1. The maximum absolute atomic E-state index is 12.8. The Bertz CT molecular complexity index is 1140. The molecule has 30 heavy (non-hydrogen) atoms. The highest BCUT2D eigenvalue weighted by Crippen LogP contribution is 2.31. The van der Waals surface area contributed by atoms with E-state index in [2.05, 4.69) is 15.3 Å². The van der Waals surface area contributed by atoms with E-state index in [1.165, 1.54) is 7.11 Å². The number of nitrogens with zero attached hydrogens (tertiary/aromatic N) is 2. The smallest absolute Gasteiger partial charge is 0.259 e. The summed E-state index contributed by atoms with van der Waals surface area (Å²) in [6.45, 7) is 2.02. The summed E-state index contributed by atoms with van der Waals surface area (Å²) < 4.78 is 11.0. The number of hydrogen-bond donors (Lipinski definition) is 1. The lowest BCUT2D eigenvalue weighted by molar-refractivity contribution is -0.126. The molecule has 0 unspecified atom stereocenters. The number of benzene rings is 2. The molecule has 4 rings (SSSR count). The molecule has 0 aliphatic heterocycles. The monoisotopic (exact) mass is 399 g/mol. The zero-order valence-electron chi connectivity index (χ0n) is 16.7. The van der Waals surface area contributed by atoms with Crippen molar-refractivity contribution in [2.24, 2.45) is 0 Å². The average molecular weight is 399 g/mol. The number of methoxy groups -OCH3 is 1. The second-order valence-electron chi connectivity index (χ2n) is 6.81. The Balaban J connectivity index is 1.68. The zero-order chi connectivity index (χ0) is 20.9. The van der Waals surface area contributed by atoms with E-state index in [1.54, 1.807) is 18.5 Å². The minimum Gasteiger partial charge on any atom is -0.463 e. The van der Waals surface area contributed by atoms with E-state index in [4.69, 9.17) is 9.15 Å². The van der Waals surface area contributed by atoms with Crippen LogP contribution in [0.1, 0.15) is 17.2 Å². The van der Waals surface area contributed by atoms with E-state index >= 15 is 0 Å². The van der Waals surface area contributed by atoms with Crippen LogP contribution in [0.5, 0.6) is 0 Å². The molecule has 0 spiro atoms. The van der Waals surface area contributed by atoms with Gasteiger partial charge in [0, 0.05) is 12.7 Å². The van der Waals surface area contributed by atoms with Crippen LogP contribution in [-0.2, 0) is 9.53 Å². The molecular formula is C24H21N3O3. The molecule has 0 aliphatic carbocycles. The van der Waals surface area contributed by atoms with Gasteiger partial charge < -0.3 is 14.5 Å². The lowest BCUT2D eigenvalue weighted by Gasteiger charge is -2.16. The fraction of sp³-hybridized carbons (Fsp3) is 0.125. The number of anilines is 1. The highest BCUT2D eigenvalue weighted by atomic mass is 16.5. The predicted molar refractivity (Wildman–Crippen MR) is 115 cm³/mol. The molecular weight excluding hydrogens is 378 g/mol. The summed E-state index contributed by atoms with van der Waals surface area (Å²) in [5.41, 5.74) is 4.02. The first-order valence-electron chi connectivity index (χ1n) is 9.52. The van der Waals surface area contributed by atoms with Crippen LogP contribution in [0.3, 0.4) is 0 Å². The Morgan fingerprint density at radius 1 is 1.03 bits per heavy atom. The Morgan fingerprint density at radius 3 is 2.57 bits per heavy atom. The summed E-state index contributed by atoms with van der Waals surface area (Å²) in [5, 5.41) is 2.80. The van der Waals surface area contributed by atoms with Gasteiger partial charge in [-0.05, 0) is 30.7 Å². The fourth-order valence-electron chi connectivity index (χ4n) is 3.25. The van der Waals surface area contributed by atoms with E-state index in [9.17, 15) is 4.79 Å². The molecule has 0 saturated heterocycles. The van der Waals surface area contributed by atoms with Crippen LogP contribution < -0.4 is 5.32 Å². The van der Waals surface area contributed by atoms with E-state index in [0.717, 1.165) is 16.7 Å². The first kappa shape index (κ1) is 19.5. The van der Waals surface area contributed by atoms with Crippen molar-refractivity contribution < 1.29 is 13.9 Å². The van der Waals surface area contributed by atoms with Gasteiger partial charge in [-0.2, -0.15) is 0 Å². The minimum absolute atomic E-state index is 0.320. The lowest BCUT2D eigenvalue weighted by atomic mass is 10.1. The number of aromatic nitrogens is 2. The second-order valence-corrected chi connectivity index (χ2v) is 6.81. The molecule has 0 bridgehead atoms. The summed E-state index contributed by atoms with van der Waals surface area (Å²) >= 11 is 0. The quantitative estimate of drug-likeness (QED) is 0.492. The van der Waals surface area contributed by atoms with Crippen LogP contribution in [0.4, 0.5) is 5.82 Å². The standard InChI is InChI=1S/C24H21N3O3/c1-16-8-6-11-18(14-16)21-22(19-12-7-13-30-19)26-20(15-25-21)27-24(28)23(29-2)17-9-4-3-5-10-17/h3-15,23H,1-2H3,(H,26,27,28)/t23-/m1/s1. The van der Waals surface area contributed by atoms with Crippen molar-refractivity contribution in [2.45, 2.75) is 13.0 Å². The number of ether oxygens (including phenoxy) is 1. The van der Waals surface area contributed by atoms with E-state index < -0.39 is 6.10 Å². The van der Waals surface area contributed by atoms with Crippen molar-refractivity contribution >= 4 is 11.7 Å². The molecule has 1 N–H and O–H groups in total. The number of hydrogen-bond acceptors (Lipinski definition) is 5. The van der Waals surface area contributed by atoms with E-state index in [-0.39, 0.29) is 5.91 Å². The van der Waals surface area contributed by atoms with Crippen molar-refractivity contribution in [1.29, 1.82) is 0 Å². The fourth-order valence-corrected chi connectivity index (χ4v) is 3.25. The van der Waals surface area contributed by atoms with E-state index in [1.807, 2.05) is 67.6 Å². The van der Waals surface area contributed by atoms with Gasteiger partial charge in [0.25, 0.3) is 5.91 Å². The predicted octanol–water partition coefficient (Wildman–Crippen LogP) is 5.04. The number of nitrogens with one attached hydrogen (secondary N) is 1. The number of furan rings is 1. The third kappa shape index (κ3) is 4.14. The van der Waals surface area contributed by atoms with Crippen molar-refractivity contribution in [2.75, 3.05) is 12.4 Å². The van der Waals surface area contributed by atoms with Crippen LogP contribution >= 0.6 is 0 Å². The molecule has 4 aromatic rings. The number of rotatable bonds is 6. The first-order valence-corrected chi connectivity index (χ1v) is 9.52. The largest absolute Gasteiger partial charge is 0.463 e. The van der Waals surface area contributed by atoms with Crippen LogP contribution in [-0.4, -0.2) is 23.0 Å². The van der Waals surface area contributed by atoms with Gasteiger partial charge in [-0.1, -0.05) is 54.1 Å². The van der Waals surface area contributed by atoms with Crippen molar-refractivity contribution in [1.82, 2.24) is 9.97 Å². The molecule has 1 atom stereocenters. The van der Waals surface area contributed by atoms with Crippen LogP contribution in [0.15, 0.2) is 83.6 Å². The summed E-state index contributed by atoms with van der Waals surface area (Å²) in [5.74, 6) is 0.564. The summed E-state index contributed by atoms with van der Waals surface area (Å²) in [6.07, 6.45) is 2.37. The molecule has 2 aromatic carbocycles. The third-order valence-corrected chi connectivity index (χ3v) is 4.65. The van der Waals surface area contributed by atoms with Gasteiger partial charge in [0.15, 0.2) is 17.7 Å². The first-order chi connectivity index (χ1) is 14.7. The molecule has 0 radical (unpaired) electrons. The summed E-state index contributed by atoms with van der Waals surface area (Å²) in [6, 6.07) is 20.9. The Labute approximate surface area is 174 Å². The highest BCUT2D eigenvalue weighted by molar-refractivity contribution is 5.94. The Morgan fingerprint density at radius 2 is 1.87 bits per heavy atom. The Kier molecular flexibility index (Phi) is 5.68. The van der Waals surface area contributed by atoms with Crippen LogP contribution in [0.25, 0.3) is 22.7 Å². The van der Waals surface area contributed by atoms with E-state index in [0.29, 0.717) is 23.0 Å². The summed E-state index contributed by atoms with van der Waals surface area (Å²) in [7, 11) is 1.50. The number of carbonyl (C=O) groups is 1. The van der Waals surface area contributed by atoms with Gasteiger partial charge in [-0.3, -0.25) is 4.79 Å². The van der Waals surface area contributed by atoms with Gasteiger partial charge >= 0.3 is 0 Å². The third-order valence-electron chi connectivity index (χ3n) is 4.65. The maximum Gasteiger partial charge on any atom is 0.259 e. The zero-order valence-corrected chi connectivity index (χ0v) is 16.7.